The number of aromatic nitrogens is 1. The van der Waals surface area contributed by atoms with Crippen molar-refractivity contribution in [2.45, 2.75) is 20.8 Å². The van der Waals surface area contributed by atoms with Crippen molar-refractivity contribution in [3.05, 3.63) is 35.0 Å². The van der Waals surface area contributed by atoms with E-state index in [2.05, 4.69) is 23.7 Å². The topological polar surface area (TPSA) is 42.4 Å². The van der Waals surface area contributed by atoms with E-state index in [-0.39, 0.29) is 5.97 Å². The molecule has 0 bridgehead atoms. The zero-order valence-corrected chi connectivity index (χ0v) is 13.3. The van der Waals surface area contributed by atoms with Crippen LogP contribution in [0.2, 0.25) is 5.02 Å². The fraction of sp³-hybridized carbons (Fsp3) is 0.375. The van der Waals surface area contributed by atoms with Crippen molar-refractivity contribution in [1.29, 1.82) is 0 Å². The Labute approximate surface area is 129 Å². The number of benzene rings is 1. The van der Waals surface area contributed by atoms with E-state index in [9.17, 15) is 4.79 Å². The van der Waals surface area contributed by atoms with Gasteiger partial charge in [0.15, 0.2) is 0 Å². The van der Waals surface area contributed by atoms with Crippen molar-refractivity contribution in [3.8, 4) is 0 Å². The van der Waals surface area contributed by atoms with Crippen molar-refractivity contribution >= 4 is 34.2 Å². The Bertz CT molecular complexity index is 654. The lowest BCUT2D eigenvalue weighted by Crippen LogP contribution is -2.25. The molecule has 0 fully saturated rings. The molecule has 1 aromatic heterocycles. The first-order chi connectivity index (χ1) is 10.1. The lowest BCUT2D eigenvalue weighted by Gasteiger charge is -2.25. The third-order valence-corrected chi connectivity index (χ3v) is 3.70. The molecule has 2 rings (SSSR count). The van der Waals surface area contributed by atoms with E-state index in [0.29, 0.717) is 22.7 Å². The SMILES string of the molecule is CCOC(=O)c1cnc2c(Cl)cccc2c1N(CC)CC. The molecule has 0 unspecified atom stereocenters. The molecule has 112 valence electrons. The minimum atomic E-state index is -0.353. The Kier molecular flexibility index (Phi) is 5.02. The fourth-order valence-electron chi connectivity index (χ4n) is 2.41. The maximum Gasteiger partial charge on any atom is 0.341 e. The van der Waals surface area contributed by atoms with Crippen LogP contribution in [0.4, 0.5) is 5.69 Å². The highest BCUT2D eigenvalue weighted by Crippen LogP contribution is 2.33. The van der Waals surface area contributed by atoms with Gasteiger partial charge < -0.3 is 9.64 Å². The Morgan fingerprint density at radius 1 is 1.29 bits per heavy atom. The van der Waals surface area contributed by atoms with Crippen LogP contribution < -0.4 is 4.90 Å². The summed E-state index contributed by atoms with van der Waals surface area (Å²) in [6, 6.07) is 5.60. The second-order valence-corrected chi connectivity index (χ2v) is 4.96. The molecule has 0 saturated carbocycles. The van der Waals surface area contributed by atoms with Crippen molar-refractivity contribution in [2.24, 2.45) is 0 Å². The van der Waals surface area contributed by atoms with Gasteiger partial charge in [-0.05, 0) is 26.8 Å². The first-order valence-electron chi connectivity index (χ1n) is 7.13. The second kappa shape index (κ2) is 6.76. The Morgan fingerprint density at radius 3 is 2.62 bits per heavy atom. The van der Waals surface area contributed by atoms with Crippen molar-refractivity contribution in [3.63, 3.8) is 0 Å². The number of hydrogen-bond acceptors (Lipinski definition) is 4. The van der Waals surface area contributed by atoms with Gasteiger partial charge >= 0.3 is 5.97 Å². The lowest BCUT2D eigenvalue weighted by atomic mass is 10.1. The molecule has 21 heavy (non-hydrogen) atoms. The van der Waals surface area contributed by atoms with Crippen LogP contribution in [0.1, 0.15) is 31.1 Å². The highest BCUT2D eigenvalue weighted by molar-refractivity contribution is 6.35. The van der Waals surface area contributed by atoms with Crippen LogP contribution in [0.5, 0.6) is 0 Å². The molecule has 5 heteroatoms. The standard InChI is InChI=1S/C16H19ClN2O2/c1-4-19(5-2)15-11-8-7-9-13(17)14(11)18-10-12(15)16(20)21-6-3/h7-10H,4-6H2,1-3H3. The maximum absolute atomic E-state index is 12.2. The third-order valence-electron chi connectivity index (χ3n) is 3.39. The summed E-state index contributed by atoms with van der Waals surface area (Å²) >= 11 is 6.22. The lowest BCUT2D eigenvalue weighted by molar-refractivity contribution is 0.0527. The van der Waals surface area contributed by atoms with Crippen molar-refractivity contribution < 1.29 is 9.53 Å². The summed E-state index contributed by atoms with van der Waals surface area (Å²) in [5.41, 5.74) is 2.02. The number of rotatable bonds is 5. The maximum atomic E-state index is 12.2. The molecule has 4 nitrogen and oxygen atoms in total. The Hall–Kier alpha value is -1.81. The van der Waals surface area contributed by atoms with Crippen LogP contribution in [0.25, 0.3) is 10.9 Å². The largest absolute Gasteiger partial charge is 0.462 e. The van der Waals surface area contributed by atoms with E-state index in [1.165, 1.54) is 0 Å². The van der Waals surface area contributed by atoms with Crippen LogP contribution in [0.3, 0.4) is 0 Å². The molecule has 0 radical (unpaired) electrons. The van der Waals surface area contributed by atoms with E-state index in [1.54, 1.807) is 19.2 Å². The predicted octanol–water partition coefficient (Wildman–Crippen LogP) is 3.91. The number of carbonyl (C=O) groups is 1. The number of carbonyl (C=O) groups excluding carboxylic acids is 1. The van der Waals surface area contributed by atoms with Gasteiger partial charge in [0.2, 0.25) is 0 Å². The van der Waals surface area contributed by atoms with Crippen molar-refractivity contribution in [1.82, 2.24) is 4.98 Å². The minimum absolute atomic E-state index is 0.337. The Balaban J connectivity index is 2.74. The molecule has 0 spiro atoms. The van der Waals surface area contributed by atoms with Crippen LogP contribution in [0.15, 0.2) is 24.4 Å². The van der Waals surface area contributed by atoms with Gasteiger partial charge in [0.05, 0.1) is 22.8 Å². The van der Waals surface area contributed by atoms with Crippen LogP contribution in [-0.4, -0.2) is 30.6 Å². The molecular formula is C16H19ClN2O2. The number of esters is 1. The number of ether oxygens (including phenoxy) is 1. The summed E-state index contributed by atoms with van der Waals surface area (Å²) in [6.45, 7) is 7.80. The molecule has 1 heterocycles. The number of nitrogens with zero attached hydrogens (tertiary/aromatic N) is 2. The summed E-state index contributed by atoms with van der Waals surface area (Å²) in [5, 5.41) is 1.45. The molecular weight excluding hydrogens is 288 g/mol. The van der Waals surface area contributed by atoms with Gasteiger partial charge in [0.25, 0.3) is 0 Å². The normalized spacial score (nSPS) is 10.7. The highest BCUT2D eigenvalue weighted by atomic mass is 35.5. The molecule has 0 aliphatic rings. The summed E-state index contributed by atoms with van der Waals surface area (Å²) in [5.74, 6) is -0.353. The van der Waals surface area contributed by atoms with Gasteiger partial charge in [-0.2, -0.15) is 0 Å². The fourth-order valence-corrected chi connectivity index (χ4v) is 2.64. The average Bonchev–Trinajstić information content (AvgIpc) is 2.49. The van der Waals surface area contributed by atoms with Gasteiger partial charge in [-0.1, -0.05) is 23.7 Å². The molecule has 0 aliphatic heterocycles. The van der Waals surface area contributed by atoms with Crippen LogP contribution >= 0.6 is 11.6 Å². The summed E-state index contributed by atoms with van der Waals surface area (Å²) in [6.07, 6.45) is 1.56. The smallest absolute Gasteiger partial charge is 0.341 e. The quantitative estimate of drug-likeness (QED) is 0.785. The summed E-state index contributed by atoms with van der Waals surface area (Å²) in [4.78, 5) is 18.7. The predicted molar refractivity (Wildman–Crippen MR) is 86.3 cm³/mol. The third kappa shape index (κ3) is 2.95. The van der Waals surface area contributed by atoms with E-state index < -0.39 is 0 Å². The van der Waals surface area contributed by atoms with Gasteiger partial charge in [-0.25, -0.2) is 4.79 Å². The molecule has 0 atom stereocenters. The average molecular weight is 307 g/mol. The van der Waals surface area contributed by atoms with Gasteiger partial charge in [0, 0.05) is 24.7 Å². The van der Waals surface area contributed by atoms with E-state index >= 15 is 0 Å². The van der Waals surface area contributed by atoms with Crippen LogP contribution in [-0.2, 0) is 4.74 Å². The van der Waals surface area contributed by atoms with Gasteiger partial charge in [-0.15, -0.1) is 0 Å². The number of para-hydroxylation sites is 1. The molecule has 0 aliphatic carbocycles. The number of hydrogen-bond donors (Lipinski definition) is 0. The van der Waals surface area contributed by atoms with E-state index in [4.69, 9.17) is 16.3 Å². The Morgan fingerprint density at radius 2 is 2.00 bits per heavy atom. The number of fused-ring (bicyclic) bond motifs is 1. The highest BCUT2D eigenvalue weighted by Gasteiger charge is 2.20. The van der Waals surface area contributed by atoms with Gasteiger partial charge in [-0.3, -0.25) is 4.98 Å². The number of anilines is 1. The van der Waals surface area contributed by atoms with Crippen LogP contribution in [0, 0.1) is 0 Å². The summed E-state index contributed by atoms with van der Waals surface area (Å²) in [7, 11) is 0. The number of halogens is 1. The van der Waals surface area contributed by atoms with Gasteiger partial charge in [0.1, 0.15) is 5.56 Å². The number of pyridine rings is 1. The molecule has 0 saturated heterocycles. The molecule has 0 amide bonds. The zero-order valence-electron chi connectivity index (χ0n) is 12.5. The first-order valence-corrected chi connectivity index (χ1v) is 7.51. The molecule has 0 N–H and O–H groups in total. The van der Waals surface area contributed by atoms with E-state index in [0.717, 1.165) is 24.2 Å². The molecule has 2 aromatic rings. The first kappa shape index (κ1) is 15.6. The van der Waals surface area contributed by atoms with E-state index in [1.807, 2.05) is 12.1 Å². The minimum Gasteiger partial charge on any atom is -0.462 e. The molecule has 1 aromatic carbocycles. The summed E-state index contributed by atoms with van der Waals surface area (Å²) < 4.78 is 5.15. The zero-order chi connectivity index (χ0) is 15.4. The second-order valence-electron chi connectivity index (χ2n) is 4.55. The van der Waals surface area contributed by atoms with Crippen molar-refractivity contribution in [2.75, 3.05) is 24.6 Å². The monoisotopic (exact) mass is 306 g/mol.